The number of nitrogens with one attached hydrogen (secondary N) is 1. The molecule has 0 aliphatic carbocycles. The van der Waals surface area contributed by atoms with Gasteiger partial charge in [-0.3, -0.25) is 0 Å². The smallest absolute Gasteiger partial charge is 0.209 e. The molecule has 0 saturated carbocycles. The van der Waals surface area contributed by atoms with E-state index in [1.165, 1.54) is 0 Å². The van der Waals surface area contributed by atoms with Gasteiger partial charge in [-0.2, -0.15) is 0 Å². The van der Waals surface area contributed by atoms with E-state index in [2.05, 4.69) is 5.32 Å². The molecule has 0 atom stereocenters. The molecular formula is C9H16N2O3S. The number of rotatable bonds is 6. The van der Waals surface area contributed by atoms with Crippen LogP contribution in [0.4, 0.5) is 0 Å². The van der Waals surface area contributed by atoms with Crippen molar-refractivity contribution < 1.29 is 12.8 Å². The average Bonchev–Trinajstić information content (AvgIpc) is 2.49. The van der Waals surface area contributed by atoms with E-state index in [1.807, 2.05) is 13.0 Å². The van der Waals surface area contributed by atoms with Crippen LogP contribution in [0.5, 0.6) is 0 Å². The van der Waals surface area contributed by atoms with Crippen molar-refractivity contribution in [1.82, 2.24) is 5.32 Å². The van der Waals surface area contributed by atoms with Crippen LogP contribution in [0.1, 0.15) is 17.7 Å². The highest BCUT2D eigenvalue weighted by molar-refractivity contribution is 7.89. The Labute approximate surface area is 89.7 Å². The fourth-order valence-electron chi connectivity index (χ4n) is 1.19. The first kappa shape index (κ1) is 12.2. The summed E-state index contributed by atoms with van der Waals surface area (Å²) in [5.41, 5.74) is 1.09. The molecule has 5 nitrogen and oxygen atoms in total. The zero-order valence-corrected chi connectivity index (χ0v) is 9.51. The van der Waals surface area contributed by atoms with Gasteiger partial charge in [-0.05, 0) is 31.5 Å². The molecule has 0 aliphatic rings. The molecule has 1 aromatic rings. The van der Waals surface area contributed by atoms with Crippen molar-refractivity contribution in [1.29, 1.82) is 0 Å². The highest BCUT2D eigenvalue weighted by Crippen LogP contribution is 2.07. The minimum atomic E-state index is -3.33. The molecule has 0 fully saturated rings. The summed E-state index contributed by atoms with van der Waals surface area (Å²) in [7, 11) is -3.33. The third-order valence-electron chi connectivity index (χ3n) is 2.04. The number of hydrogen-bond acceptors (Lipinski definition) is 4. The van der Waals surface area contributed by atoms with E-state index in [0.29, 0.717) is 19.5 Å². The standard InChI is InChI=1S/C9H16N2O3S/c1-8-3-5-14-9(8)7-11-4-2-6-15(10,12)13/h3,5,11H,2,4,6-7H2,1H3,(H2,10,12,13). The summed E-state index contributed by atoms with van der Waals surface area (Å²) in [6.07, 6.45) is 2.15. The quantitative estimate of drug-likeness (QED) is 0.693. The number of primary sulfonamides is 1. The van der Waals surface area contributed by atoms with Crippen LogP contribution < -0.4 is 10.5 Å². The third-order valence-corrected chi connectivity index (χ3v) is 2.89. The fraction of sp³-hybridized carbons (Fsp3) is 0.556. The Bertz CT molecular complexity index is 397. The SMILES string of the molecule is Cc1ccoc1CNCCCS(N)(=O)=O. The van der Waals surface area contributed by atoms with Gasteiger partial charge in [0, 0.05) is 0 Å². The number of nitrogens with two attached hydrogens (primary N) is 1. The third kappa shape index (κ3) is 4.96. The number of hydrogen-bond donors (Lipinski definition) is 2. The number of sulfonamides is 1. The predicted molar refractivity (Wildman–Crippen MR) is 57.7 cm³/mol. The lowest BCUT2D eigenvalue weighted by atomic mass is 10.3. The molecule has 6 heteroatoms. The molecule has 0 unspecified atom stereocenters. The molecule has 3 N–H and O–H groups in total. The molecule has 15 heavy (non-hydrogen) atoms. The first-order chi connectivity index (χ1) is 6.99. The second-order valence-corrected chi connectivity index (χ2v) is 5.16. The maximum Gasteiger partial charge on any atom is 0.209 e. The highest BCUT2D eigenvalue weighted by atomic mass is 32.2. The maximum atomic E-state index is 10.6. The van der Waals surface area contributed by atoms with Gasteiger partial charge in [0.05, 0.1) is 18.6 Å². The van der Waals surface area contributed by atoms with Crippen LogP contribution in [-0.4, -0.2) is 20.7 Å². The first-order valence-corrected chi connectivity index (χ1v) is 6.45. The normalized spacial score (nSPS) is 11.9. The van der Waals surface area contributed by atoms with Gasteiger partial charge < -0.3 is 9.73 Å². The molecule has 0 saturated heterocycles. The Morgan fingerprint density at radius 1 is 1.53 bits per heavy atom. The van der Waals surface area contributed by atoms with Crippen molar-refractivity contribution in [3.63, 3.8) is 0 Å². The van der Waals surface area contributed by atoms with E-state index in [1.54, 1.807) is 6.26 Å². The lowest BCUT2D eigenvalue weighted by molar-refractivity contribution is 0.480. The summed E-state index contributed by atoms with van der Waals surface area (Å²) in [6.45, 7) is 3.19. The largest absolute Gasteiger partial charge is 0.468 e. The Balaban J connectivity index is 2.15. The van der Waals surface area contributed by atoms with E-state index in [0.717, 1.165) is 11.3 Å². The van der Waals surface area contributed by atoms with Gasteiger partial charge in [0.25, 0.3) is 0 Å². The van der Waals surface area contributed by atoms with Crippen molar-refractivity contribution in [2.24, 2.45) is 5.14 Å². The maximum absolute atomic E-state index is 10.6. The van der Waals surface area contributed by atoms with Gasteiger partial charge in [0.15, 0.2) is 0 Å². The van der Waals surface area contributed by atoms with Crippen molar-refractivity contribution in [2.45, 2.75) is 19.9 Å². The molecule has 0 bridgehead atoms. The van der Waals surface area contributed by atoms with Crippen LogP contribution in [0.2, 0.25) is 0 Å². The summed E-state index contributed by atoms with van der Waals surface area (Å²) in [6, 6.07) is 1.89. The minimum Gasteiger partial charge on any atom is -0.468 e. The molecule has 0 aromatic carbocycles. The molecular weight excluding hydrogens is 216 g/mol. The van der Waals surface area contributed by atoms with Gasteiger partial charge in [0.2, 0.25) is 10.0 Å². The van der Waals surface area contributed by atoms with E-state index >= 15 is 0 Å². The van der Waals surface area contributed by atoms with Crippen LogP contribution in [0.25, 0.3) is 0 Å². The second-order valence-electron chi connectivity index (χ2n) is 3.42. The molecule has 0 aliphatic heterocycles. The summed E-state index contributed by atoms with van der Waals surface area (Å²) in [4.78, 5) is 0. The summed E-state index contributed by atoms with van der Waals surface area (Å²) in [5, 5.41) is 7.95. The predicted octanol–water partition coefficient (Wildman–Crippen LogP) is 0.356. The van der Waals surface area contributed by atoms with Gasteiger partial charge >= 0.3 is 0 Å². The van der Waals surface area contributed by atoms with Crippen molar-refractivity contribution in [2.75, 3.05) is 12.3 Å². The van der Waals surface area contributed by atoms with Crippen LogP contribution in [0.15, 0.2) is 16.7 Å². The van der Waals surface area contributed by atoms with Crippen LogP contribution in [0, 0.1) is 6.92 Å². The summed E-state index contributed by atoms with van der Waals surface area (Å²) in [5.74, 6) is 0.891. The molecule has 1 aromatic heterocycles. The number of aryl methyl sites for hydroxylation is 1. The Morgan fingerprint density at radius 2 is 2.27 bits per heavy atom. The van der Waals surface area contributed by atoms with Crippen LogP contribution in [-0.2, 0) is 16.6 Å². The number of furan rings is 1. The zero-order chi connectivity index (χ0) is 11.3. The van der Waals surface area contributed by atoms with Gasteiger partial charge in [-0.15, -0.1) is 0 Å². The molecule has 1 rings (SSSR count). The van der Waals surface area contributed by atoms with E-state index in [-0.39, 0.29) is 5.75 Å². The average molecular weight is 232 g/mol. The first-order valence-electron chi connectivity index (χ1n) is 4.73. The van der Waals surface area contributed by atoms with Gasteiger partial charge in [-0.25, -0.2) is 13.6 Å². The van der Waals surface area contributed by atoms with Crippen LogP contribution in [0.3, 0.4) is 0 Å². The molecule has 86 valence electrons. The summed E-state index contributed by atoms with van der Waals surface area (Å²) >= 11 is 0. The zero-order valence-electron chi connectivity index (χ0n) is 8.69. The van der Waals surface area contributed by atoms with E-state index < -0.39 is 10.0 Å². The lowest BCUT2D eigenvalue weighted by Crippen LogP contribution is -2.22. The Kier molecular flexibility index (Phi) is 4.31. The molecule has 0 amide bonds. The Morgan fingerprint density at radius 3 is 2.80 bits per heavy atom. The van der Waals surface area contributed by atoms with Crippen molar-refractivity contribution >= 4 is 10.0 Å². The summed E-state index contributed by atoms with van der Waals surface area (Å²) < 4.78 is 26.4. The second kappa shape index (κ2) is 5.29. The van der Waals surface area contributed by atoms with Gasteiger partial charge in [-0.1, -0.05) is 0 Å². The monoisotopic (exact) mass is 232 g/mol. The molecule has 0 spiro atoms. The Hall–Kier alpha value is -0.850. The minimum absolute atomic E-state index is 0.0110. The van der Waals surface area contributed by atoms with E-state index in [9.17, 15) is 8.42 Å². The highest BCUT2D eigenvalue weighted by Gasteiger charge is 2.03. The molecule has 1 heterocycles. The topological polar surface area (TPSA) is 85.3 Å². The van der Waals surface area contributed by atoms with Gasteiger partial charge in [0.1, 0.15) is 5.76 Å². The molecule has 0 radical (unpaired) electrons. The van der Waals surface area contributed by atoms with E-state index in [4.69, 9.17) is 9.56 Å². The van der Waals surface area contributed by atoms with Crippen molar-refractivity contribution in [3.05, 3.63) is 23.7 Å². The fourth-order valence-corrected chi connectivity index (χ4v) is 1.73. The van der Waals surface area contributed by atoms with Crippen LogP contribution >= 0.6 is 0 Å². The van der Waals surface area contributed by atoms with Crippen molar-refractivity contribution in [3.8, 4) is 0 Å². The lowest BCUT2D eigenvalue weighted by Gasteiger charge is -2.02.